The fourth-order valence-electron chi connectivity index (χ4n) is 2.97. The Morgan fingerprint density at radius 2 is 1.67 bits per heavy atom. The highest BCUT2D eigenvalue weighted by Crippen LogP contribution is 2.12. The summed E-state index contributed by atoms with van der Waals surface area (Å²) in [5, 5.41) is 6.23. The van der Waals surface area contributed by atoms with Crippen LogP contribution in [0, 0.1) is 0 Å². The SMILES string of the molecule is CCCC(=O)Nc1ccc(CN=C(NCC)N2CCN(C(C)=O)CC2)cc1. The molecule has 7 nitrogen and oxygen atoms in total. The lowest BCUT2D eigenvalue weighted by atomic mass is 10.2. The number of hydrogen-bond donors (Lipinski definition) is 2. The molecule has 148 valence electrons. The first-order chi connectivity index (χ1) is 13.0. The van der Waals surface area contributed by atoms with Gasteiger partial charge in [0.05, 0.1) is 6.54 Å². The monoisotopic (exact) mass is 373 g/mol. The van der Waals surface area contributed by atoms with E-state index in [-0.39, 0.29) is 11.8 Å². The van der Waals surface area contributed by atoms with Crippen LogP contribution in [-0.2, 0) is 16.1 Å². The smallest absolute Gasteiger partial charge is 0.224 e. The van der Waals surface area contributed by atoms with Gasteiger partial charge >= 0.3 is 0 Å². The number of nitrogens with one attached hydrogen (secondary N) is 2. The van der Waals surface area contributed by atoms with E-state index in [0.29, 0.717) is 13.0 Å². The van der Waals surface area contributed by atoms with E-state index in [4.69, 9.17) is 4.99 Å². The van der Waals surface area contributed by atoms with Gasteiger partial charge in [-0.05, 0) is 31.0 Å². The van der Waals surface area contributed by atoms with Crippen molar-refractivity contribution in [1.29, 1.82) is 0 Å². The van der Waals surface area contributed by atoms with Crippen LogP contribution in [0.4, 0.5) is 5.69 Å². The molecule has 1 aromatic rings. The minimum atomic E-state index is 0.0439. The molecule has 2 N–H and O–H groups in total. The normalized spacial score (nSPS) is 14.9. The van der Waals surface area contributed by atoms with Crippen molar-refractivity contribution in [2.24, 2.45) is 4.99 Å². The van der Waals surface area contributed by atoms with E-state index in [1.54, 1.807) is 6.92 Å². The molecule has 0 radical (unpaired) electrons. The number of carbonyl (C=O) groups is 2. The predicted molar refractivity (Wildman–Crippen MR) is 109 cm³/mol. The largest absolute Gasteiger partial charge is 0.357 e. The Labute approximate surface area is 161 Å². The Morgan fingerprint density at radius 1 is 1.04 bits per heavy atom. The van der Waals surface area contributed by atoms with E-state index in [1.807, 2.05) is 36.1 Å². The van der Waals surface area contributed by atoms with Crippen LogP contribution in [0.3, 0.4) is 0 Å². The summed E-state index contributed by atoms with van der Waals surface area (Å²) in [7, 11) is 0. The minimum Gasteiger partial charge on any atom is -0.357 e. The molecule has 0 spiro atoms. The van der Waals surface area contributed by atoms with Crippen LogP contribution in [0.25, 0.3) is 0 Å². The molecule has 0 bridgehead atoms. The van der Waals surface area contributed by atoms with Gasteiger partial charge in [0.25, 0.3) is 0 Å². The maximum absolute atomic E-state index is 11.7. The third kappa shape index (κ3) is 6.58. The molecular weight excluding hydrogens is 342 g/mol. The summed E-state index contributed by atoms with van der Waals surface area (Å²) in [6.45, 7) is 10.0. The number of piperazine rings is 1. The number of carbonyl (C=O) groups excluding carboxylic acids is 2. The van der Waals surface area contributed by atoms with Crippen LogP contribution in [0.15, 0.2) is 29.3 Å². The van der Waals surface area contributed by atoms with Crippen LogP contribution < -0.4 is 10.6 Å². The first kappa shape index (κ1) is 20.7. The molecule has 1 saturated heterocycles. The van der Waals surface area contributed by atoms with Crippen molar-refractivity contribution in [2.75, 3.05) is 38.0 Å². The predicted octanol–water partition coefficient (Wildman–Crippen LogP) is 2.05. The van der Waals surface area contributed by atoms with E-state index in [1.165, 1.54) is 0 Å². The second-order valence-corrected chi connectivity index (χ2v) is 6.66. The van der Waals surface area contributed by atoms with Gasteiger partial charge in [-0.15, -0.1) is 0 Å². The number of rotatable bonds is 6. The van der Waals surface area contributed by atoms with E-state index >= 15 is 0 Å². The van der Waals surface area contributed by atoms with Crippen LogP contribution >= 0.6 is 0 Å². The van der Waals surface area contributed by atoms with Crippen LogP contribution in [0.1, 0.15) is 39.2 Å². The molecule has 1 heterocycles. The zero-order chi connectivity index (χ0) is 19.6. The molecule has 1 aromatic carbocycles. The maximum atomic E-state index is 11.7. The van der Waals surface area contributed by atoms with Gasteiger partial charge < -0.3 is 20.4 Å². The fraction of sp³-hybridized carbons (Fsp3) is 0.550. The van der Waals surface area contributed by atoms with Gasteiger partial charge in [0.1, 0.15) is 0 Å². The average Bonchev–Trinajstić information content (AvgIpc) is 2.66. The van der Waals surface area contributed by atoms with Gasteiger partial charge in [-0.3, -0.25) is 9.59 Å². The summed E-state index contributed by atoms with van der Waals surface area (Å²) in [6, 6.07) is 7.80. The summed E-state index contributed by atoms with van der Waals surface area (Å²) in [4.78, 5) is 31.9. The van der Waals surface area contributed by atoms with Crippen molar-refractivity contribution in [2.45, 2.75) is 40.2 Å². The fourth-order valence-corrected chi connectivity index (χ4v) is 2.97. The maximum Gasteiger partial charge on any atom is 0.224 e. The minimum absolute atomic E-state index is 0.0439. The molecule has 0 saturated carbocycles. The Hall–Kier alpha value is -2.57. The van der Waals surface area contributed by atoms with Gasteiger partial charge in [0, 0.05) is 51.8 Å². The lowest BCUT2D eigenvalue weighted by Crippen LogP contribution is -2.53. The third-order valence-corrected chi connectivity index (χ3v) is 4.49. The van der Waals surface area contributed by atoms with Crippen LogP contribution in [0.5, 0.6) is 0 Å². The molecule has 2 amide bonds. The Bertz CT molecular complexity index is 649. The Kier molecular flexibility index (Phi) is 8.10. The summed E-state index contributed by atoms with van der Waals surface area (Å²) in [5.74, 6) is 1.05. The molecule has 1 aliphatic rings. The number of anilines is 1. The molecule has 27 heavy (non-hydrogen) atoms. The van der Waals surface area contributed by atoms with Crippen LogP contribution in [-0.4, -0.2) is 60.3 Å². The number of hydrogen-bond acceptors (Lipinski definition) is 3. The molecule has 1 fully saturated rings. The lowest BCUT2D eigenvalue weighted by molar-refractivity contribution is -0.130. The van der Waals surface area contributed by atoms with Gasteiger partial charge in [-0.2, -0.15) is 0 Å². The highest BCUT2D eigenvalue weighted by Gasteiger charge is 2.20. The first-order valence-electron chi connectivity index (χ1n) is 9.71. The number of guanidine groups is 1. The molecule has 0 aromatic heterocycles. The van der Waals surface area contributed by atoms with E-state index < -0.39 is 0 Å². The summed E-state index contributed by atoms with van der Waals surface area (Å²) in [6.07, 6.45) is 1.38. The molecule has 7 heteroatoms. The van der Waals surface area contributed by atoms with E-state index in [2.05, 4.69) is 22.5 Å². The van der Waals surface area contributed by atoms with Gasteiger partial charge in [-0.25, -0.2) is 4.99 Å². The molecule has 2 rings (SSSR count). The Morgan fingerprint density at radius 3 is 2.22 bits per heavy atom. The van der Waals surface area contributed by atoms with Crippen molar-refractivity contribution >= 4 is 23.5 Å². The number of amides is 2. The van der Waals surface area contributed by atoms with Crippen molar-refractivity contribution in [3.8, 4) is 0 Å². The first-order valence-corrected chi connectivity index (χ1v) is 9.71. The van der Waals surface area contributed by atoms with E-state index in [0.717, 1.165) is 56.4 Å². The molecule has 0 atom stereocenters. The average molecular weight is 374 g/mol. The molecule has 0 aliphatic carbocycles. The quantitative estimate of drug-likeness (QED) is 0.591. The summed E-state index contributed by atoms with van der Waals surface area (Å²) in [5.41, 5.74) is 1.90. The van der Waals surface area contributed by atoms with Crippen molar-refractivity contribution < 1.29 is 9.59 Å². The number of benzene rings is 1. The molecule has 0 unspecified atom stereocenters. The van der Waals surface area contributed by atoms with Crippen LogP contribution in [0.2, 0.25) is 0 Å². The summed E-state index contributed by atoms with van der Waals surface area (Å²) < 4.78 is 0. The third-order valence-electron chi connectivity index (χ3n) is 4.49. The second-order valence-electron chi connectivity index (χ2n) is 6.66. The highest BCUT2D eigenvalue weighted by atomic mass is 16.2. The Balaban J connectivity index is 1.94. The highest BCUT2D eigenvalue weighted by molar-refractivity contribution is 5.90. The number of nitrogens with zero attached hydrogens (tertiary/aromatic N) is 3. The van der Waals surface area contributed by atoms with Crippen molar-refractivity contribution in [1.82, 2.24) is 15.1 Å². The number of aliphatic imine (C=N–C) groups is 1. The van der Waals surface area contributed by atoms with Gasteiger partial charge in [0.2, 0.25) is 11.8 Å². The molecular formula is C20H31N5O2. The van der Waals surface area contributed by atoms with E-state index in [9.17, 15) is 9.59 Å². The zero-order valence-electron chi connectivity index (χ0n) is 16.6. The second kappa shape index (κ2) is 10.5. The van der Waals surface area contributed by atoms with Gasteiger partial charge in [0.15, 0.2) is 5.96 Å². The zero-order valence-corrected chi connectivity index (χ0v) is 16.6. The lowest BCUT2D eigenvalue weighted by Gasteiger charge is -2.36. The topological polar surface area (TPSA) is 77.0 Å². The molecule has 1 aliphatic heterocycles. The van der Waals surface area contributed by atoms with Crippen molar-refractivity contribution in [3.05, 3.63) is 29.8 Å². The standard InChI is InChI=1S/C20H31N5O2/c1-4-6-19(27)23-18-9-7-17(8-10-18)15-22-20(21-5-2)25-13-11-24(12-14-25)16(3)26/h7-10H,4-6,11-15H2,1-3H3,(H,21,22)(H,23,27). The van der Waals surface area contributed by atoms with Crippen molar-refractivity contribution in [3.63, 3.8) is 0 Å². The summed E-state index contributed by atoms with van der Waals surface area (Å²) >= 11 is 0. The van der Waals surface area contributed by atoms with Gasteiger partial charge in [-0.1, -0.05) is 19.1 Å².